The minimum atomic E-state index is -0.399. The van der Waals surface area contributed by atoms with Crippen molar-refractivity contribution in [2.75, 3.05) is 0 Å². The average molecular weight is 345 g/mol. The van der Waals surface area contributed by atoms with Crippen molar-refractivity contribution in [1.29, 1.82) is 0 Å². The van der Waals surface area contributed by atoms with Gasteiger partial charge in [0.05, 0.1) is 9.50 Å². The maximum atomic E-state index is 12.9. The molecule has 0 aliphatic rings. The van der Waals surface area contributed by atoms with E-state index in [1.165, 1.54) is 18.2 Å². The van der Waals surface area contributed by atoms with E-state index in [4.69, 9.17) is 22.1 Å². The topological polar surface area (TPSA) is 35.2 Å². The van der Waals surface area contributed by atoms with E-state index in [0.29, 0.717) is 11.5 Å². The third-order valence-corrected chi connectivity index (χ3v) is 3.51. The van der Waals surface area contributed by atoms with Gasteiger partial charge in [-0.15, -0.1) is 0 Å². The smallest absolute Gasteiger partial charge is 0.146 e. The number of hydrogen-bond acceptors (Lipinski definition) is 2. The van der Waals surface area contributed by atoms with Crippen molar-refractivity contribution in [3.63, 3.8) is 0 Å². The van der Waals surface area contributed by atoms with Crippen molar-refractivity contribution in [3.05, 3.63) is 57.3 Å². The number of rotatable bonds is 3. The predicted molar refractivity (Wildman–Crippen MR) is 78.2 cm³/mol. The summed E-state index contributed by atoms with van der Waals surface area (Å²) >= 11 is 9.33. The highest BCUT2D eigenvalue weighted by Gasteiger charge is 2.09. The van der Waals surface area contributed by atoms with Gasteiger partial charge in [0.2, 0.25) is 0 Å². The van der Waals surface area contributed by atoms with Gasteiger partial charge in [0.15, 0.2) is 0 Å². The number of halogens is 3. The molecule has 0 aliphatic carbocycles. The lowest BCUT2D eigenvalue weighted by Gasteiger charge is -2.12. The summed E-state index contributed by atoms with van der Waals surface area (Å²) in [6.07, 6.45) is 0. The molecule has 0 fully saturated rings. The summed E-state index contributed by atoms with van der Waals surface area (Å²) in [5.74, 6) is 0.596. The van der Waals surface area contributed by atoms with Crippen LogP contribution in [0.1, 0.15) is 18.5 Å². The summed E-state index contributed by atoms with van der Waals surface area (Å²) in [5.41, 5.74) is 6.79. The summed E-state index contributed by atoms with van der Waals surface area (Å²) in [6, 6.07) is 9.50. The lowest BCUT2D eigenvalue weighted by Crippen LogP contribution is -2.04. The zero-order valence-electron chi connectivity index (χ0n) is 10.2. The van der Waals surface area contributed by atoms with E-state index in [-0.39, 0.29) is 11.1 Å². The molecule has 2 N–H and O–H groups in total. The Morgan fingerprint density at radius 1 is 1.21 bits per heavy atom. The zero-order valence-corrected chi connectivity index (χ0v) is 12.5. The van der Waals surface area contributed by atoms with Gasteiger partial charge in [0.1, 0.15) is 17.3 Å². The summed E-state index contributed by atoms with van der Waals surface area (Å²) in [6.45, 7) is 1.90. The molecule has 0 aliphatic heterocycles. The highest BCUT2D eigenvalue weighted by Crippen LogP contribution is 2.35. The third kappa shape index (κ3) is 3.47. The first-order chi connectivity index (χ1) is 8.97. The molecular weight excluding hydrogens is 333 g/mol. The number of nitrogens with two attached hydrogens (primary N) is 1. The van der Waals surface area contributed by atoms with Crippen molar-refractivity contribution < 1.29 is 9.13 Å². The lowest BCUT2D eigenvalue weighted by atomic mass is 10.1. The van der Waals surface area contributed by atoms with Crippen LogP contribution in [0.2, 0.25) is 5.02 Å². The van der Waals surface area contributed by atoms with Crippen molar-refractivity contribution in [3.8, 4) is 11.5 Å². The van der Waals surface area contributed by atoms with Gasteiger partial charge in [-0.05, 0) is 58.7 Å². The molecule has 0 saturated heterocycles. The maximum absolute atomic E-state index is 12.9. The van der Waals surface area contributed by atoms with Crippen molar-refractivity contribution in [2.24, 2.45) is 5.73 Å². The van der Waals surface area contributed by atoms with Crippen LogP contribution in [0.3, 0.4) is 0 Å². The Morgan fingerprint density at radius 3 is 2.47 bits per heavy atom. The van der Waals surface area contributed by atoms with Gasteiger partial charge in [0.25, 0.3) is 0 Å². The first-order valence-electron chi connectivity index (χ1n) is 5.65. The maximum Gasteiger partial charge on any atom is 0.146 e. The van der Waals surface area contributed by atoms with Gasteiger partial charge < -0.3 is 10.5 Å². The molecular formula is C14H12BrClFNO. The molecule has 0 amide bonds. The molecule has 2 rings (SSSR count). The Balaban J connectivity index is 2.28. The molecule has 2 aromatic rings. The third-order valence-electron chi connectivity index (χ3n) is 2.60. The minimum Gasteiger partial charge on any atom is -0.455 e. The van der Waals surface area contributed by atoms with Crippen LogP contribution in [0.25, 0.3) is 0 Å². The Kier molecular flexibility index (Phi) is 4.45. The van der Waals surface area contributed by atoms with E-state index in [9.17, 15) is 4.39 Å². The second kappa shape index (κ2) is 5.90. The number of ether oxygens (including phenoxy) is 1. The molecule has 0 radical (unpaired) electrons. The molecule has 0 unspecified atom stereocenters. The molecule has 0 spiro atoms. The minimum absolute atomic E-state index is 0.0558. The van der Waals surface area contributed by atoms with Gasteiger partial charge >= 0.3 is 0 Å². The molecule has 100 valence electrons. The van der Waals surface area contributed by atoms with Crippen molar-refractivity contribution >= 4 is 27.5 Å². The fraction of sp³-hybridized carbons (Fsp3) is 0.143. The van der Waals surface area contributed by atoms with Gasteiger partial charge in [-0.2, -0.15) is 0 Å². The van der Waals surface area contributed by atoms with Crippen LogP contribution in [0.5, 0.6) is 11.5 Å². The van der Waals surface area contributed by atoms with E-state index in [1.54, 1.807) is 6.07 Å². The van der Waals surface area contributed by atoms with Crippen LogP contribution < -0.4 is 10.5 Å². The largest absolute Gasteiger partial charge is 0.455 e. The fourth-order valence-corrected chi connectivity index (χ4v) is 2.24. The SMILES string of the molecule is C[C@H](N)c1ccc(Oc2ccc(F)cc2Cl)c(Br)c1. The van der Waals surface area contributed by atoms with Crippen LogP contribution in [0.4, 0.5) is 4.39 Å². The Bertz CT molecular complexity index is 604. The van der Waals surface area contributed by atoms with Crippen LogP contribution in [0.15, 0.2) is 40.9 Å². The summed E-state index contributed by atoms with van der Waals surface area (Å²) in [4.78, 5) is 0. The van der Waals surface area contributed by atoms with E-state index in [1.807, 2.05) is 19.1 Å². The molecule has 2 aromatic carbocycles. The van der Waals surface area contributed by atoms with Gasteiger partial charge in [0, 0.05) is 6.04 Å². The zero-order chi connectivity index (χ0) is 14.0. The molecule has 0 bridgehead atoms. The standard InChI is InChI=1S/C14H12BrClFNO/c1-8(18)9-2-4-13(11(15)6-9)19-14-5-3-10(17)7-12(14)16/h2-8H,18H2,1H3/t8-/m0/s1. The van der Waals surface area contributed by atoms with Crippen LogP contribution in [-0.4, -0.2) is 0 Å². The van der Waals surface area contributed by atoms with Crippen molar-refractivity contribution in [2.45, 2.75) is 13.0 Å². The molecule has 5 heteroatoms. The second-order valence-electron chi connectivity index (χ2n) is 4.16. The molecule has 0 aromatic heterocycles. The Hall–Kier alpha value is -1.10. The summed E-state index contributed by atoms with van der Waals surface area (Å²) in [5, 5.41) is 0.225. The Morgan fingerprint density at radius 2 is 1.89 bits per heavy atom. The second-order valence-corrected chi connectivity index (χ2v) is 5.42. The predicted octanol–water partition coefficient (Wildman–Crippen LogP) is 5.05. The average Bonchev–Trinajstić information content (AvgIpc) is 2.34. The molecule has 0 heterocycles. The first-order valence-corrected chi connectivity index (χ1v) is 6.82. The number of hydrogen-bond donors (Lipinski definition) is 1. The highest BCUT2D eigenvalue weighted by atomic mass is 79.9. The van der Waals surface area contributed by atoms with E-state index >= 15 is 0 Å². The van der Waals surface area contributed by atoms with Crippen molar-refractivity contribution in [1.82, 2.24) is 0 Å². The van der Waals surface area contributed by atoms with E-state index in [2.05, 4.69) is 15.9 Å². The molecule has 1 atom stereocenters. The lowest BCUT2D eigenvalue weighted by molar-refractivity contribution is 0.477. The molecule has 19 heavy (non-hydrogen) atoms. The monoisotopic (exact) mass is 343 g/mol. The number of benzene rings is 2. The molecule has 2 nitrogen and oxygen atoms in total. The normalized spacial score (nSPS) is 12.3. The summed E-state index contributed by atoms with van der Waals surface area (Å²) in [7, 11) is 0. The van der Waals surface area contributed by atoms with E-state index in [0.717, 1.165) is 10.0 Å². The highest BCUT2D eigenvalue weighted by molar-refractivity contribution is 9.10. The first kappa shape index (κ1) is 14.3. The van der Waals surface area contributed by atoms with Crippen LogP contribution >= 0.6 is 27.5 Å². The molecule has 0 saturated carbocycles. The fourth-order valence-electron chi connectivity index (χ4n) is 1.56. The van der Waals surface area contributed by atoms with E-state index < -0.39 is 5.82 Å². The summed E-state index contributed by atoms with van der Waals surface area (Å²) < 4.78 is 19.4. The Labute approximate surface area is 124 Å². The van der Waals surface area contributed by atoms with Gasteiger partial charge in [-0.1, -0.05) is 17.7 Å². The quantitative estimate of drug-likeness (QED) is 0.845. The van der Waals surface area contributed by atoms with Crippen LogP contribution in [-0.2, 0) is 0 Å². The van der Waals surface area contributed by atoms with Gasteiger partial charge in [-0.25, -0.2) is 4.39 Å². The van der Waals surface area contributed by atoms with Gasteiger partial charge in [-0.3, -0.25) is 0 Å². The van der Waals surface area contributed by atoms with Crippen LogP contribution in [0, 0.1) is 5.82 Å².